The lowest BCUT2D eigenvalue weighted by Gasteiger charge is -2.34. The van der Waals surface area contributed by atoms with Gasteiger partial charge in [-0.1, -0.05) is 33.6 Å². The zero-order valence-corrected chi connectivity index (χ0v) is 21.0. The molecule has 1 atom stereocenters. The summed E-state index contributed by atoms with van der Waals surface area (Å²) < 4.78 is 14.6. The van der Waals surface area contributed by atoms with Crippen molar-refractivity contribution in [1.29, 1.82) is 0 Å². The summed E-state index contributed by atoms with van der Waals surface area (Å²) in [4.78, 5) is 19.2. The highest BCUT2D eigenvalue weighted by Gasteiger charge is 2.30. The largest absolute Gasteiger partial charge is 0.444 e. The molecule has 1 aliphatic heterocycles. The number of nitrogens with zero attached hydrogens (tertiary/aromatic N) is 3. The number of rotatable bonds is 3. The summed E-state index contributed by atoms with van der Waals surface area (Å²) in [5, 5.41) is 0.626. The molecule has 0 unspecified atom stereocenters. The van der Waals surface area contributed by atoms with Crippen LogP contribution in [0.5, 0.6) is 0 Å². The lowest BCUT2D eigenvalue weighted by atomic mass is 10.1. The zero-order chi connectivity index (χ0) is 23.0. The molecular formula is C24H27BrClN3O3. The average molecular weight is 521 g/mol. The number of fused-ring (bicyclic) bond motifs is 1. The van der Waals surface area contributed by atoms with Gasteiger partial charge in [-0.2, -0.15) is 0 Å². The summed E-state index contributed by atoms with van der Waals surface area (Å²) in [6, 6.07) is 9.91. The van der Waals surface area contributed by atoms with Gasteiger partial charge in [-0.25, -0.2) is 9.78 Å². The van der Waals surface area contributed by atoms with Crippen LogP contribution in [-0.2, 0) is 15.9 Å². The number of aromatic nitrogens is 2. The molecule has 1 saturated heterocycles. The van der Waals surface area contributed by atoms with Crippen molar-refractivity contribution < 1.29 is 14.3 Å². The Labute approximate surface area is 201 Å². The van der Waals surface area contributed by atoms with E-state index >= 15 is 0 Å². The van der Waals surface area contributed by atoms with Gasteiger partial charge in [-0.3, -0.25) is 0 Å². The summed E-state index contributed by atoms with van der Waals surface area (Å²) in [7, 11) is 0. The van der Waals surface area contributed by atoms with Crippen LogP contribution < -0.4 is 0 Å². The molecule has 32 heavy (non-hydrogen) atoms. The van der Waals surface area contributed by atoms with E-state index in [1.165, 1.54) is 0 Å². The van der Waals surface area contributed by atoms with Crippen LogP contribution in [0.15, 0.2) is 41.0 Å². The first-order valence-electron chi connectivity index (χ1n) is 10.6. The number of hydrogen-bond acceptors (Lipinski definition) is 4. The highest BCUT2D eigenvalue weighted by Crippen LogP contribution is 2.34. The minimum absolute atomic E-state index is 0.176. The molecule has 8 heteroatoms. The van der Waals surface area contributed by atoms with E-state index in [9.17, 15) is 4.79 Å². The molecule has 3 heterocycles. The molecule has 0 saturated carbocycles. The molecule has 1 aromatic carbocycles. The van der Waals surface area contributed by atoms with Crippen LogP contribution in [0.2, 0.25) is 5.02 Å². The fourth-order valence-corrected chi connectivity index (χ4v) is 4.60. The molecule has 0 radical (unpaired) electrons. The maximum Gasteiger partial charge on any atom is 0.410 e. The molecule has 0 spiro atoms. The first-order chi connectivity index (χ1) is 15.1. The third kappa shape index (κ3) is 5.11. The summed E-state index contributed by atoms with van der Waals surface area (Å²) in [6.07, 6.45) is 2.13. The normalized spacial score (nSPS) is 17.1. The lowest BCUT2D eigenvalue weighted by Crippen LogP contribution is -2.48. The number of pyridine rings is 1. The third-order valence-corrected chi connectivity index (χ3v) is 6.08. The van der Waals surface area contributed by atoms with Gasteiger partial charge >= 0.3 is 6.09 Å². The molecule has 1 aliphatic rings. The number of carbonyl (C=O) groups excluding carboxylic acids is 1. The summed E-state index contributed by atoms with van der Waals surface area (Å²) in [6.45, 7) is 9.11. The van der Waals surface area contributed by atoms with E-state index in [-0.39, 0.29) is 12.2 Å². The summed E-state index contributed by atoms with van der Waals surface area (Å²) >= 11 is 10.1. The van der Waals surface area contributed by atoms with Crippen LogP contribution in [0.1, 0.15) is 32.0 Å². The summed E-state index contributed by atoms with van der Waals surface area (Å²) in [5.74, 6) is 0. The Bertz CT molecular complexity index is 1160. The molecule has 170 valence electrons. The van der Waals surface area contributed by atoms with Gasteiger partial charge in [0.15, 0.2) is 0 Å². The second kappa shape index (κ2) is 9.04. The first-order valence-corrected chi connectivity index (χ1v) is 11.8. The van der Waals surface area contributed by atoms with Crippen molar-refractivity contribution in [3.63, 3.8) is 0 Å². The molecule has 0 bridgehead atoms. The fraction of sp³-hybridized carbons (Fsp3) is 0.417. The molecule has 3 aromatic rings. The first kappa shape index (κ1) is 23.1. The van der Waals surface area contributed by atoms with Crippen molar-refractivity contribution in [3.8, 4) is 11.3 Å². The highest BCUT2D eigenvalue weighted by atomic mass is 79.9. The molecule has 6 nitrogen and oxygen atoms in total. The van der Waals surface area contributed by atoms with E-state index in [0.717, 1.165) is 32.6 Å². The topological polar surface area (TPSA) is 56.1 Å². The van der Waals surface area contributed by atoms with Crippen LogP contribution in [-0.4, -0.2) is 51.8 Å². The maximum atomic E-state index is 12.6. The van der Waals surface area contributed by atoms with Crippen LogP contribution in [0.3, 0.4) is 0 Å². The van der Waals surface area contributed by atoms with Gasteiger partial charge in [0.1, 0.15) is 11.2 Å². The lowest BCUT2D eigenvalue weighted by molar-refractivity contribution is -0.0418. The van der Waals surface area contributed by atoms with Gasteiger partial charge in [0.05, 0.1) is 35.7 Å². The van der Waals surface area contributed by atoms with E-state index in [0.29, 0.717) is 31.1 Å². The fourth-order valence-electron chi connectivity index (χ4n) is 3.84. The van der Waals surface area contributed by atoms with Gasteiger partial charge in [0.2, 0.25) is 0 Å². The molecule has 1 amide bonds. The van der Waals surface area contributed by atoms with Gasteiger partial charge in [0, 0.05) is 29.2 Å². The number of amides is 1. The maximum absolute atomic E-state index is 12.6. The second-order valence-electron chi connectivity index (χ2n) is 9.09. The SMILES string of the molecule is Cc1ccn2c(C[C@H]3CN(C(=O)OC(C)(C)C)CCO3)c(-c3ccc(Br)cc3Cl)nc2c1. The Morgan fingerprint density at radius 1 is 1.31 bits per heavy atom. The van der Waals surface area contributed by atoms with Gasteiger partial charge in [-0.15, -0.1) is 0 Å². The zero-order valence-electron chi connectivity index (χ0n) is 18.7. The monoisotopic (exact) mass is 519 g/mol. The van der Waals surface area contributed by atoms with Crippen molar-refractivity contribution >= 4 is 39.3 Å². The number of aryl methyl sites for hydroxylation is 1. The molecule has 0 N–H and O–H groups in total. The van der Waals surface area contributed by atoms with Crippen LogP contribution in [0, 0.1) is 6.92 Å². The number of imidazole rings is 1. The van der Waals surface area contributed by atoms with E-state index in [1.807, 2.05) is 52.1 Å². The smallest absolute Gasteiger partial charge is 0.410 e. The predicted octanol–water partition coefficient (Wildman–Crippen LogP) is 5.90. The number of morpholine rings is 1. The highest BCUT2D eigenvalue weighted by molar-refractivity contribution is 9.10. The molecule has 2 aromatic heterocycles. The van der Waals surface area contributed by atoms with E-state index in [4.69, 9.17) is 26.1 Å². The third-order valence-electron chi connectivity index (χ3n) is 5.28. The number of ether oxygens (including phenoxy) is 2. The van der Waals surface area contributed by atoms with Crippen LogP contribution in [0.25, 0.3) is 16.9 Å². The molecule has 0 aliphatic carbocycles. The van der Waals surface area contributed by atoms with Crippen molar-refractivity contribution in [2.75, 3.05) is 19.7 Å². The molecule has 4 rings (SSSR count). The summed E-state index contributed by atoms with van der Waals surface area (Å²) in [5.41, 5.74) is 4.15. The Morgan fingerprint density at radius 2 is 2.09 bits per heavy atom. The predicted molar refractivity (Wildman–Crippen MR) is 129 cm³/mol. The number of hydrogen-bond donors (Lipinski definition) is 0. The van der Waals surface area contributed by atoms with Gasteiger partial charge in [-0.05, 0) is 57.5 Å². The Kier molecular flexibility index (Phi) is 6.52. The van der Waals surface area contributed by atoms with Crippen LogP contribution >= 0.6 is 27.5 Å². The number of halogens is 2. The van der Waals surface area contributed by atoms with Crippen molar-refractivity contribution in [3.05, 3.63) is 57.3 Å². The van der Waals surface area contributed by atoms with Crippen molar-refractivity contribution in [2.45, 2.75) is 45.8 Å². The number of carbonyl (C=O) groups is 1. The quantitative estimate of drug-likeness (QED) is 0.431. The minimum Gasteiger partial charge on any atom is -0.444 e. The van der Waals surface area contributed by atoms with Crippen LogP contribution in [0.4, 0.5) is 4.79 Å². The number of benzene rings is 1. The Morgan fingerprint density at radius 3 is 2.81 bits per heavy atom. The van der Waals surface area contributed by atoms with E-state index in [1.54, 1.807) is 4.90 Å². The average Bonchev–Trinajstić information content (AvgIpc) is 3.04. The molecular weight excluding hydrogens is 494 g/mol. The van der Waals surface area contributed by atoms with Gasteiger partial charge < -0.3 is 18.8 Å². The van der Waals surface area contributed by atoms with Gasteiger partial charge in [0.25, 0.3) is 0 Å². The van der Waals surface area contributed by atoms with Crippen molar-refractivity contribution in [2.24, 2.45) is 0 Å². The molecule has 1 fully saturated rings. The Balaban J connectivity index is 1.67. The standard InChI is InChI=1S/C24H27BrClN3O3/c1-15-7-8-29-20(13-17-14-28(9-10-31-17)23(30)32-24(2,3)4)22(27-21(29)11-15)18-6-5-16(25)12-19(18)26/h5-8,11-12,17H,9-10,13-14H2,1-4H3/t17-/m0/s1. The van der Waals surface area contributed by atoms with Crippen molar-refractivity contribution in [1.82, 2.24) is 14.3 Å². The van der Waals surface area contributed by atoms with E-state index < -0.39 is 5.60 Å². The Hall–Kier alpha value is -2.09. The minimum atomic E-state index is -0.532. The second-order valence-corrected chi connectivity index (χ2v) is 10.4. The van der Waals surface area contributed by atoms with E-state index in [2.05, 4.69) is 32.5 Å².